The Balaban J connectivity index is 1.37. The van der Waals surface area contributed by atoms with E-state index in [1.54, 1.807) is 53.2 Å². The van der Waals surface area contributed by atoms with Crippen molar-refractivity contribution in [3.05, 3.63) is 130 Å². The van der Waals surface area contributed by atoms with E-state index >= 15 is 0 Å². The number of nitrogens with one attached hydrogen (secondary N) is 1. The standard InChI is InChI=1S/C32H24Cl2FN3O2/c33-25-10-15-28(29(34)17-25)30-19-38(20-32(40)36-18-22-3-11-26(35)12-4-22)31(37-30)16-5-21-1-6-23(7-2-21)24-8-13-27(39)14-9-24/h1-17,19,39H,18,20H2,(H,36,40)/b16-5+. The van der Waals surface area contributed by atoms with E-state index in [4.69, 9.17) is 28.2 Å². The number of phenolic OH excluding ortho intramolecular Hbond substituents is 1. The summed E-state index contributed by atoms with van der Waals surface area (Å²) in [6, 6.07) is 26.2. The van der Waals surface area contributed by atoms with Gasteiger partial charge in [-0.25, -0.2) is 9.37 Å². The first-order chi connectivity index (χ1) is 19.3. The molecule has 1 amide bonds. The molecule has 0 spiro atoms. The molecule has 5 nitrogen and oxygen atoms in total. The van der Waals surface area contributed by atoms with Crippen LogP contribution in [-0.2, 0) is 17.9 Å². The Morgan fingerprint density at radius 3 is 2.25 bits per heavy atom. The van der Waals surface area contributed by atoms with Gasteiger partial charge < -0.3 is 15.0 Å². The molecule has 1 heterocycles. The molecule has 1 aromatic heterocycles. The fraction of sp³-hybridized carbons (Fsp3) is 0.0625. The molecule has 5 aromatic rings. The number of benzene rings is 4. The fourth-order valence-corrected chi connectivity index (χ4v) is 4.65. The second-order valence-electron chi connectivity index (χ2n) is 9.14. The molecule has 40 heavy (non-hydrogen) atoms. The lowest BCUT2D eigenvalue weighted by Crippen LogP contribution is -2.27. The highest BCUT2D eigenvalue weighted by Gasteiger charge is 2.14. The van der Waals surface area contributed by atoms with Crippen LogP contribution >= 0.6 is 23.2 Å². The zero-order valence-corrected chi connectivity index (χ0v) is 22.7. The zero-order valence-electron chi connectivity index (χ0n) is 21.2. The lowest BCUT2D eigenvalue weighted by molar-refractivity contribution is -0.121. The van der Waals surface area contributed by atoms with Crippen molar-refractivity contribution < 1.29 is 14.3 Å². The van der Waals surface area contributed by atoms with Gasteiger partial charge in [0.15, 0.2) is 0 Å². The van der Waals surface area contributed by atoms with Crippen molar-refractivity contribution in [2.45, 2.75) is 13.1 Å². The Labute approximate surface area is 241 Å². The summed E-state index contributed by atoms with van der Waals surface area (Å²) in [7, 11) is 0. The smallest absolute Gasteiger partial charge is 0.240 e. The summed E-state index contributed by atoms with van der Waals surface area (Å²) in [5.74, 6) is 0.249. The van der Waals surface area contributed by atoms with Crippen LogP contribution < -0.4 is 5.32 Å². The Bertz CT molecular complexity index is 1660. The minimum atomic E-state index is -0.326. The average Bonchev–Trinajstić information content (AvgIpc) is 3.34. The Morgan fingerprint density at radius 1 is 0.900 bits per heavy atom. The molecule has 4 aromatic carbocycles. The second kappa shape index (κ2) is 12.2. The number of hydrogen-bond acceptors (Lipinski definition) is 3. The molecule has 0 aliphatic rings. The van der Waals surface area contributed by atoms with Gasteiger partial charge in [0.1, 0.15) is 23.9 Å². The molecule has 0 aliphatic heterocycles. The van der Waals surface area contributed by atoms with Crippen LogP contribution in [0.25, 0.3) is 34.5 Å². The monoisotopic (exact) mass is 571 g/mol. The van der Waals surface area contributed by atoms with Crippen LogP contribution in [0.15, 0.2) is 97.2 Å². The van der Waals surface area contributed by atoms with Crippen molar-refractivity contribution in [3.8, 4) is 28.1 Å². The lowest BCUT2D eigenvalue weighted by Gasteiger charge is -2.08. The number of hydrogen-bond donors (Lipinski definition) is 2. The van der Waals surface area contributed by atoms with Crippen LogP contribution in [0.1, 0.15) is 17.0 Å². The first-order valence-electron chi connectivity index (χ1n) is 12.5. The molecule has 5 rings (SSSR count). The number of carbonyl (C=O) groups is 1. The minimum Gasteiger partial charge on any atom is -0.508 e. The number of amides is 1. The van der Waals surface area contributed by atoms with Crippen molar-refractivity contribution >= 4 is 41.3 Å². The van der Waals surface area contributed by atoms with E-state index in [0.717, 1.165) is 22.3 Å². The zero-order chi connectivity index (χ0) is 28.1. The molecule has 200 valence electrons. The normalized spacial score (nSPS) is 11.2. The van der Waals surface area contributed by atoms with Gasteiger partial charge >= 0.3 is 0 Å². The average molecular weight is 572 g/mol. The third-order valence-corrected chi connectivity index (χ3v) is 6.82. The van der Waals surface area contributed by atoms with Crippen LogP contribution in [-0.4, -0.2) is 20.6 Å². The molecule has 0 bridgehead atoms. The summed E-state index contributed by atoms with van der Waals surface area (Å²) < 4.78 is 14.9. The van der Waals surface area contributed by atoms with Gasteiger partial charge in [0, 0.05) is 23.3 Å². The van der Waals surface area contributed by atoms with E-state index in [1.807, 2.05) is 48.6 Å². The highest BCUT2D eigenvalue weighted by atomic mass is 35.5. The van der Waals surface area contributed by atoms with E-state index in [-0.39, 0.29) is 30.6 Å². The number of phenols is 1. The summed E-state index contributed by atoms with van der Waals surface area (Å²) in [6.07, 6.45) is 5.54. The molecule has 0 atom stereocenters. The molecule has 0 aliphatic carbocycles. The van der Waals surface area contributed by atoms with E-state index in [9.17, 15) is 14.3 Å². The predicted molar refractivity (Wildman–Crippen MR) is 158 cm³/mol. The Kier molecular flexibility index (Phi) is 8.29. The number of carbonyl (C=O) groups excluding carboxylic acids is 1. The lowest BCUT2D eigenvalue weighted by atomic mass is 10.0. The molecular formula is C32H24Cl2FN3O2. The largest absolute Gasteiger partial charge is 0.508 e. The van der Waals surface area contributed by atoms with Gasteiger partial charge in [-0.3, -0.25) is 4.79 Å². The summed E-state index contributed by atoms with van der Waals surface area (Å²) in [5, 5.41) is 13.4. The summed E-state index contributed by atoms with van der Waals surface area (Å²) in [4.78, 5) is 17.6. The van der Waals surface area contributed by atoms with Crippen molar-refractivity contribution in [3.63, 3.8) is 0 Å². The fourth-order valence-electron chi connectivity index (χ4n) is 4.14. The molecule has 0 unspecified atom stereocenters. The highest BCUT2D eigenvalue weighted by Crippen LogP contribution is 2.30. The third-order valence-electron chi connectivity index (χ3n) is 6.27. The van der Waals surface area contributed by atoms with E-state index in [1.165, 1.54) is 12.1 Å². The molecule has 0 saturated heterocycles. The minimum absolute atomic E-state index is 0.0267. The van der Waals surface area contributed by atoms with Gasteiger partial charge in [0.2, 0.25) is 5.91 Å². The molecule has 0 fully saturated rings. The maximum absolute atomic E-state index is 13.2. The SMILES string of the molecule is O=C(Cn1cc(-c2ccc(Cl)cc2Cl)nc1/C=C/c1ccc(-c2ccc(O)cc2)cc1)NCc1ccc(F)cc1. The van der Waals surface area contributed by atoms with Gasteiger partial charge in [-0.05, 0) is 70.8 Å². The molecule has 2 N–H and O–H groups in total. The van der Waals surface area contributed by atoms with Gasteiger partial charge in [-0.15, -0.1) is 0 Å². The molecule has 0 radical (unpaired) electrons. The Hall–Kier alpha value is -4.39. The number of halogens is 3. The topological polar surface area (TPSA) is 67.2 Å². The van der Waals surface area contributed by atoms with Crippen molar-refractivity contribution in [2.75, 3.05) is 0 Å². The predicted octanol–water partition coefficient (Wildman–Crippen LogP) is 7.86. The van der Waals surface area contributed by atoms with Crippen molar-refractivity contribution in [1.82, 2.24) is 14.9 Å². The summed E-state index contributed by atoms with van der Waals surface area (Å²) in [6.45, 7) is 0.307. The number of nitrogens with zero attached hydrogens (tertiary/aromatic N) is 2. The molecule has 8 heteroatoms. The van der Waals surface area contributed by atoms with Gasteiger partial charge in [-0.2, -0.15) is 0 Å². The molecule has 0 saturated carbocycles. The van der Waals surface area contributed by atoms with Gasteiger partial charge in [-0.1, -0.05) is 77.8 Å². The highest BCUT2D eigenvalue weighted by molar-refractivity contribution is 6.36. The van der Waals surface area contributed by atoms with Gasteiger partial charge in [0.25, 0.3) is 0 Å². The van der Waals surface area contributed by atoms with Crippen LogP contribution in [0.5, 0.6) is 5.75 Å². The van der Waals surface area contributed by atoms with Crippen LogP contribution in [0.2, 0.25) is 10.0 Å². The maximum atomic E-state index is 13.2. The quantitative estimate of drug-likeness (QED) is 0.199. The summed E-state index contributed by atoms with van der Waals surface area (Å²) >= 11 is 12.5. The van der Waals surface area contributed by atoms with Crippen molar-refractivity contribution in [2.24, 2.45) is 0 Å². The van der Waals surface area contributed by atoms with E-state index < -0.39 is 0 Å². The number of aromatic nitrogens is 2. The van der Waals surface area contributed by atoms with Gasteiger partial charge in [0.05, 0.1) is 10.7 Å². The number of imidazole rings is 1. The van der Waals surface area contributed by atoms with Crippen molar-refractivity contribution in [1.29, 1.82) is 0 Å². The number of rotatable bonds is 8. The number of aromatic hydroxyl groups is 1. The summed E-state index contributed by atoms with van der Waals surface area (Å²) in [5.41, 5.74) is 5.07. The second-order valence-corrected chi connectivity index (χ2v) is 9.99. The Morgan fingerprint density at radius 2 is 1.57 bits per heavy atom. The molecular weight excluding hydrogens is 548 g/mol. The first-order valence-corrected chi connectivity index (χ1v) is 13.2. The van der Waals surface area contributed by atoms with E-state index in [0.29, 0.717) is 27.1 Å². The van der Waals surface area contributed by atoms with Crippen LogP contribution in [0.3, 0.4) is 0 Å². The third kappa shape index (κ3) is 6.78. The maximum Gasteiger partial charge on any atom is 0.240 e. The van der Waals surface area contributed by atoms with Crippen LogP contribution in [0, 0.1) is 5.82 Å². The van der Waals surface area contributed by atoms with E-state index in [2.05, 4.69) is 5.32 Å². The van der Waals surface area contributed by atoms with Crippen LogP contribution in [0.4, 0.5) is 4.39 Å². The first kappa shape index (κ1) is 27.2.